The van der Waals surface area contributed by atoms with Gasteiger partial charge in [-0.05, 0) is 45.5 Å². The third-order valence-corrected chi connectivity index (χ3v) is 4.84. The fourth-order valence-electron chi connectivity index (χ4n) is 3.26. The van der Waals surface area contributed by atoms with Gasteiger partial charge in [0.25, 0.3) is 0 Å². The molecule has 0 radical (unpaired) electrons. The van der Waals surface area contributed by atoms with E-state index in [-0.39, 0.29) is 5.41 Å². The Morgan fingerprint density at radius 1 is 1.15 bits per heavy atom. The molecule has 2 aromatic heterocycles. The normalized spacial score (nSPS) is 15.9. The molecule has 1 aromatic carbocycles. The van der Waals surface area contributed by atoms with Gasteiger partial charge in [0.15, 0.2) is 5.65 Å². The molecule has 3 aromatic rings. The minimum Gasteiger partial charge on any atom is -0.302 e. The number of rotatable bonds is 0. The van der Waals surface area contributed by atoms with Crippen LogP contribution in [-0.2, 0) is 11.8 Å². The lowest BCUT2D eigenvalue weighted by Gasteiger charge is -2.32. The van der Waals surface area contributed by atoms with Crippen molar-refractivity contribution >= 4 is 21.6 Å². The van der Waals surface area contributed by atoms with Gasteiger partial charge in [-0.2, -0.15) is 0 Å². The second-order valence-corrected chi connectivity index (χ2v) is 6.92. The molecule has 3 heteroatoms. The van der Waals surface area contributed by atoms with Crippen LogP contribution < -0.4 is 0 Å². The Labute approximate surface area is 126 Å². The summed E-state index contributed by atoms with van der Waals surface area (Å²) in [5.41, 5.74) is 6.25. The van der Waals surface area contributed by atoms with Crippen molar-refractivity contribution in [2.75, 3.05) is 0 Å². The zero-order chi connectivity index (χ0) is 13.9. The highest BCUT2D eigenvalue weighted by Gasteiger charge is 2.33. The van der Waals surface area contributed by atoms with Gasteiger partial charge in [-0.15, -0.1) is 0 Å². The fraction of sp³-hybridized carbons (Fsp3) is 0.235. The average Bonchev–Trinajstić information content (AvgIpc) is 2.79. The van der Waals surface area contributed by atoms with Crippen LogP contribution in [0.15, 0.2) is 47.1 Å². The molecule has 0 unspecified atom stereocenters. The Kier molecular flexibility index (Phi) is 2.40. The van der Waals surface area contributed by atoms with E-state index >= 15 is 0 Å². The lowest BCUT2D eigenvalue weighted by atomic mass is 9.73. The number of hydrogen-bond acceptors (Lipinski definition) is 1. The van der Waals surface area contributed by atoms with Gasteiger partial charge in [-0.3, -0.25) is 0 Å². The van der Waals surface area contributed by atoms with Crippen molar-refractivity contribution in [2.24, 2.45) is 0 Å². The highest BCUT2D eigenvalue weighted by atomic mass is 79.9. The van der Waals surface area contributed by atoms with Crippen molar-refractivity contribution in [3.05, 3.63) is 58.3 Å². The molecule has 100 valence electrons. The number of benzene rings is 1. The Morgan fingerprint density at radius 3 is 2.80 bits per heavy atom. The zero-order valence-electron chi connectivity index (χ0n) is 11.5. The summed E-state index contributed by atoms with van der Waals surface area (Å²) in [5.74, 6) is 0. The highest BCUT2D eigenvalue weighted by molar-refractivity contribution is 9.10. The van der Waals surface area contributed by atoms with E-state index in [9.17, 15) is 0 Å². The Morgan fingerprint density at radius 2 is 1.95 bits per heavy atom. The number of aromatic nitrogens is 2. The minimum absolute atomic E-state index is 0.141. The van der Waals surface area contributed by atoms with E-state index in [1.54, 1.807) is 0 Å². The molecular formula is C17H15BrN2. The van der Waals surface area contributed by atoms with Gasteiger partial charge in [0.2, 0.25) is 0 Å². The molecule has 4 rings (SSSR count). The smallest absolute Gasteiger partial charge is 0.152 e. The highest BCUT2D eigenvalue weighted by Crippen LogP contribution is 2.43. The molecular weight excluding hydrogens is 312 g/mol. The first-order valence-corrected chi connectivity index (χ1v) is 7.62. The lowest BCUT2D eigenvalue weighted by molar-refractivity contribution is 0.508. The third-order valence-electron chi connectivity index (χ3n) is 4.22. The van der Waals surface area contributed by atoms with Crippen molar-refractivity contribution in [1.29, 1.82) is 0 Å². The Hall–Kier alpha value is -1.61. The second-order valence-electron chi connectivity index (χ2n) is 6.06. The monoisotopic (exact) mass is 326 g/mol. The standard InChI is InChI=1S/C17H15BrN2/c1-17(2)10-14-15(11-6-3-4-7-12(11)17)19-16-13(18)8-5-9-20(14)16/h3-9H,10H2,1-2H3. The minimum atomic E-state index is 0.141. The molecule has 0 fully saturated rings. The first-order chi connectivity index (χ1) is 9.58. The number of pyridine rings is 1. The van der Waals surface area contributed by atoms with Crippen LogP contribution in [0.1, 0.15) is 25.1 Å². The first-order valence-electron chi connectivity index (χ1n) is 6.83. The van der Waals surface area contributed by atoms with Crippen LogP contribution in [0.5, 0.6) is 0 Å². The summed E-state index contributed by atoms with van der Waals surface area (Å²) < 4.78 is 3.27. The number of halogens is 1. The molecule has 0 saturated carbocycles. The topological polar surface area (TPSA) is 17.3 Å². The quantitative estimate of drug-likeness (QED) is 0.590. The van der Waals surface area contributed by atoms with E-state index < -0.39 is 0 Å². The summed E-state index contributed by atoms with van der Waals surface area (Å²) in [6.07, 6.45) is 3.12. The third kappa shape index (κ3) is 1.53. The summed E-state index contributed by atoms with van der Waals surface area (Å²) in [7, 11) is 0. The molecule has 0 spiro atoms. The predicted molar refractivity (Wildman–Crippen MR) is 85.1 cm³/mol. The number of nitrogens with zero attached hydrogens (tertiary/aromatic N) is 2. The molecule has 0 saturated heterocycles. The van der Waals surface area contributed by atoms with Gasteiger partial charge in [-0.1, -0.05) is 38.1 Å². The van der Waals surface area contributed by atoms with Crippen molar-refractivity contribution < 1.29 is 0 Å². The predicted octanol–water partition coefficient (Wildman–Crippen LogP) is 4.60. The molecule has 2 heterocycles. The molecule has 0 atom stereocenters. The SMILES string of the molecule is CC1(C)Cc2c(nc3c(Br)cccn23)-c2ccccc21. The number of hydrogen-bond donors (Lipinski definition) is 0. The fourth-order valence-corrected chi connectivity index (χ4v) is 3.69. The summed E-state index contributed by atoms with van der Waals surface area (Å²) >= 11 is 3.61. The average molecular weight is 327 g/mol. The molecule has 1 aliphatic rings. The molecule has 20 heavy (non-hydrogen) atoms. The van der Waals surface area contributed by atoms with E-state index in [4.69, 9.17) is 4.98 Å². The maximum absolute atomic E-state index is 4.88. The maximum atomic E-state index is 4.88. The van der Waals surface area contributed by atoms with Gasteiger partial charge in [0.1, 0.15) is 0 Å². The van der Waals surface area contributed by atoms with Crippen LogP contribution in [0.25, 0.3) is 16.9 Å². The number of fused-ring (bicyclic) bond motifs is 5. The van der Waals surface area contributed by atoms with Gasteiger partial charge in [-0.25, -0.2) is 4.98 Å². The van der Waals surface area contributed by atoms with Crippen LogP contribution >= 0.6 is 15.9 Å². The molecule has 0 bridgehead atoms. The summed E-state index contributed by atoms with van der Waals surface area (Å²) in [6.45, 7) is 4.62. The van der Waals surface area contributed by atoms with Gasteiger partial charge < -0.3 is 4.40 Å². The van der Waals surface area contributed by atoms with Crippen molar-refractivity contribution in [3.63, 3.8) is 0 Å². The van der Waals surface area contributed by atoms with E-state index in [0.29, 0.717) is 0 Å². The van der Waals surface area contributed by atoms with E-state index in [1.165, 1.54) is 16.8 Å². The zero-order valence-corrected chi connectivity index (χ0v) is 13.1. The largest absolute Gasteiger partial charge is 0.302 e. The van der Waals surface area contributed by atoms with Gasteiger partial charge >= 0.3 is 0 Å². The first kappa shape index (κ1) is 12.2. The summed E-state index contributed by atoms with van der Waals surface area (Å²) in [4.78, 5) is 4.88. The lowest BCUT2D eigenvalue weighted by Crippen LogP contribution is -2.26. The van der Waals surface area contributed by atoms with Crippen LogP contribution in [0, 0.1) is 0 Å². The summed E-state index contributed by atoms with van der Waals surface area (Å²) in [6, 6.07) is 12.8. The Balaban J connectivity index is 2.13. The van der Waals surface area contributed by atoms with E-state index in [0.717, 1.165) is 22.2 Å². The van der Waals surface area contributed by atoms with Gasteiger partial charge in [0, 0.05) is 11.8 Å². The molecule has 2 nitrogen and oxygen atoms in total. The van der Waals surface area contributed by atoms with E-state index in [1.807, 2.05) is 6.07 Å². The maximum Gasteiger partial charge on any atom is 0.152 e. The number of imidazole rings is 1. The molecule has 0 aliphatic heterocycles. The van der Waals surface area contributed by atoms with Crippen LogP contribution in [0.4, 0.5) is 0 Å². The Bertz CT molecular complexity index is 830. The van der Waals surface area contributed by atoms with E-state index in [2.05, 4.69) is 70.7 Å². The molecule has 0 amide bonds. The van der Waals surface area contributed by atoms with Crippen LogP contribution in [-0.4, -0.2) is 9.38 Å². The van der Waals surface area contributed by atoms with Crippen molar-refractivity contribution in [2.45, 2.75) is 25.7 Å². The molecule has 1 aliphatic carbocycles. The molecule has 0 N–H and O–H groups in total. The van der Waals surface area contributed by atoms with Crippen LogP contribution in [0.2, 0.25) is 0 Å². The second kappa shape index (κ2) is 3.95. The van der Waals surface area contributed by atoms with Crippen molar-refractivity contribution in [1.82, 2.24) is 9.38 Å². The summed E-state index contributed by atoms with van der Waals surface area (Å²) in [5, 5.41) is 0. The van der Waals surface area contributed by atoms with Crippen molar-refractivity contribution in [3.8, 4) is 11.3 Å². The van der Waals surface area contributed by atoms with Gasteiger partial charge in [0.05, 0.1) is 15.9 Å². The van der Waals surface area contributed by atoms with Crippen LogP contribution in [0.3, 0.4) is 0 Å².